The van der Waals surface area contributed by atoms with E-state index < -0.39 is 0 Å². The number of aromatic nitrogens is 1. The van der Waals surface area contributed by atoms with Crippen LogP contribution in [0.2, 0.25) is 0 Å². The lowest BCUT2D eigenvalue weighted by molar-refractivity contribution is 0.112. The maximum atomic E-state index is 10.7. The Hall–Kier alpha value is -2.35. The zero-order valence-electron chi connectivity index (χ0n) is 11.5. The zero-order chi connectivity index (χ0) is 13.9. The molecule has 0 spiro atoms. The van der Waals surface area contributed by atoms with Gasteiger partial charge in [-0.1, -0.05) is 49.4 Å². The van der Waals surface area contributed by atoms with Gasteiger partial charge >= 0.3 is 0 Å². The van der Waals surface area contributed by atoms with Crippen LogP contribution < -0.4 is 0 Å². The first-order valence-corrected chi connectivity index (χ1v) is 6.94. The number of nitrogens with one attached hydrogen (secondary N) is 1. The maximum Gasteiger partial charge on any atom is 0.150 e. The number of rotatable bonds is 4. The Morgan fingerprint density at radius 3 is 2.50 bits per heavy atom. The van der Waals surface area contributed by atoms with E-state index >= 15 is 0 Å². The minimum absolute atomic E-state index is 0.725. The van der Waals surface area contributed by atoms with E-state index in [0.717, 1.165) is 24.7 Å². The molecular weight excluding hydrogens is 246 g/mol. The van der Waals surface area contributed by atoms with E-state index in [-0.39, 0.29) is 0 Å². The molecular formula is C18H17NO. The lowest BCUT2D eigenvalue weighted by Gasteiger charge is -2.04. The Kier molecular flexibility index (Phi) is 3.38. The molecule has 0 amide bonds. The molecule has 0 saturated carbocycles. The van der Waals surface area contributed by atoms with E-state index in [1.165, 1.54) is 27.7 Å². The molecule has 1 N–H and O–H groups in total. The quantitative estimate of drug-likeness (QED) is 0.705. The number of hydrogen-bond donors (Lipinski definition) is 1. The molecule has 1 aromatic heterocycles. The van der Waals surface area contributed by atoms with Crippen LogP contribution in [0.1, 0.15) is 34.1 Å². The van der Waals surface area contributed by atoms with E-state index in [2.05, 4.69) is 36.2 Å². The van der Waals surface area contributed by atoms with Crippen molar-refractivity contribution in [2.75, 3.05) is 0 Å². The van der Waals surface area contributed by atoms with E-state index in [0.29, 0.717) is 0 Å². The third kappa shape index (κ3) is 2.25. The molecule has 100 valence electrons. The number of fused-ring (bicyclic) bond motifs is 1. The van der Waals surface area contributed by atoms with Gasteiger partial charge in [0.2, 0.25) is 0 Å². The molecule has 3 aromatic rings. The van der Waals surface area contributed by atoms with Crippen LogP contribution in [0.3, 0.4) is 0 Å². The fraction of sp³-hybridized carbons (Fsp3) is 0.167. The first-order chi connectivity index (χ1) is 9.81. The summed E-state index contributed by atoms with van der Waals surface area (Å²) in [6.45, 7) is 2.17. The van der Waals surface area contributed by atoms with E-state index in [9.17, 15) is 4.79 Å². The third-order valence-electron chi connectivity index (χ3n) is 3.75. The van der Waals surface area contributed by atoms with Crippen LogP contribution in [0.4, 0.5) is 0 Å². The second-order valence-corrected chi connectivity index (χ2v) is 5.02. The van der Waals surface area contributed by atoms with Crippen molar-refractivity contribution in [3.63, 3.8) is 0 Å². The Labute approximate surface area is 118 Å². The number of aromatic amines is 1. The third-order valence-corrected chi connectivity index (χ3v) is 3.75. The Morgan fingerprint density at radius 2 is 1.80 bits per heavy atom. The second kappa shape index (κ2) is 5.33. The molecule has 0 radical (unpaired) electrons. The molecule has 0 aliphatic rings. The molecule has 0 bridgehead atoms. The monoisotopic (exact) mass is 263 g/mol. The van der Waals surface area contributed by atoms with Gasteiger partial charge in [0.15, 0.2) is 0 Å². The minimum Gasteiger partial charge on any atom is -0.358 e. The first-order valence-electron chi connectivity index (χ1n) is 6.94. The van der Waals surface area contributed by atoms with Gasteiger partial charge in [0.05, 0.1) is 0 Å². The number of H-pyrrole nitrogens is 1. The molecule has 0 saturated heterocycles. The summed E-state index contributed by atoms with van der Waals surface area (Å²) >= 11 is 0. The van der Waals surface area contributed by atoms with Gasteiger partial charge in [0, 0.05) is 22.2 Å². The highest BCUT2D eigenvalue weighted by Crippen LogP contribution is 2.25. The molecule has 0 atom stereocenters. The maximum absolute atomic E-state index is 10.7. The van der Waals surface area contributed by atoms with Crippen molar-refractivity contribution >= 4 is 17.2 Å². The highest BCUT2D eigenvalue weighted by molar-refractivity contribution is 5.85. The van der Waals surface area contributed by atoms with Gasteiger partial charge in [-0.05, 0) is 30.0 Å². The van der Waals surface area contributed by atoms with Crippen LogP contribution in [0.5, 0.6) is 0 Å². The second-order valence-electron chi connectivity index (χ2n) is 5.02. The highest BCUT2D eigenvalue weighted by atomic mass is 16.1. The van der Waals surface area contributed by atoms with E-state index in [1.54, 1.807) is 0 Å². The Bertz CT molecular complexity index is 738. The molecule has 0 aliphatic carbocycles. The van der Waals surface area contributed by atoms with Crippen molar-refractivity contribution in [2.24, 2.45) is 0 Å². The van der Waals surface area contributed by atoms with Crippen molar-refractivity contribution < 1.29 is 4.79 Å². The summed E-state index contributed by atoms with van der Waals surface area (Å²) in [5, 5.41) is 1.30. The summed E-state index contributed by atoms with van der Waals surface area (Å²) < 4.78 is 0. The van der Waals surface area contributed by atoms with Crippen LogP contribution in [-0.2, 0) is 12.8 Å². The van der Waals surface area contributed by atoms with Gasteiger partial charge in [-0.2, -0.15) is 0 Å². The lowest BCUT2D eigenvalue weighted by Crippen LogP contribution is -1.93. The molecule has 2 nitrogen and oxygen atoms in total. The fourth-order valence-electron chi connectivity index (χ4n) is 2.68. The summed E-state index contributed by atoms with van der Waals surface area (Å²) in [6.07, 6.45) is 2.77. The predicted octanol–water partition coefficient (Wildman–Crippen LogP) is 4.13. The lowest BCUT2D eigenvalue weighted by atomic mass is 10.00. The summed E-state index contributed by atoms with van der Waals surface area (Å²) in [4.78, 5) is 14.2. The molecule has 2 heteroatoms. The number of para-hydroxylation sites is 1. The first kappa shape index (κ1) is 12.7. The van der Waals surface area contributed by atoms with Gasteiger partial charge in [-0.25, -0.2) is 0 Å². The summed E-state index contributed by atoms with van der Waals surface area (Å²) in [5.41, 5.74) is 5.81. The van der Waals surface area contributed by atoms with Crippen LogP contribution in [0.25, 0.3) is 10.9 Å². The van der Waals surface area contributed by atoms with Gasteiger partial charge in [0.25, 0.3) is 0 Å². The average Bonchev–Trinajstić information content (AvgIpc) is 2.86. The number of benzene rings is 2. The Morgan fingerprint density at radius 1 is 1.05 bits per heavy atom. The number of hydrogen-bond acceptors (Lipinski definition) is 1. The fourth-order valence-corrected chi connectivity index (χ4v) is 2.68. The molecule has 1 heterocycles. The minimum atomic E-state index is 0.725. The smallest absolute Gasteiger partial charge is 0.150 e. The predicted molar refractivity (Wildman–Crippen MR) is 82.3 cm³/mol. The molecule has 2 aromatic carbocycles. The zero-order valence-corrected chi connectivity index (χ0v) is 11.5. The van der Waals surface area contributed by atoms with Crippen molar-refractivity contribution in [1.29, 1.82) is 0 Å². The van der Waals surface area contributed by atoms with Gasteiger partial charge in [0.1, 0.15) is 6.29 Å². The summed E-state index contributed by atoms with van der Waals surface area (Å²) in [6, 6.07) is 16.2. The number of aldehydes is 1. The topological polar surface area (TPSA) is 32.9 Å². The van der Waals surface area contributed by atoms with E-state index in [4.69, 9.17) is 0 Å². The largest absolute Gasteiger partial charge is 0.358 e. The molecule has 0 unspecified atom stereocenters. The van der Waals surface area contributed by atoms with Crippen molar-refractivity contribution in [3.8, 4) is 0 Å². The van der Waals surface area contributed by atoms with Crippen LogP contribution >= 0.6 is 0 Å². The molecule has 3 rings (SSSR count). The van der Waals surface area contributed by atoms with Crippen molar-refractivity contribution in [2.45, 2.75) is 19.8 Å². The van der Waals surface area contributed by atoms with Gasteiger partial charge in [-0.3, -0.25) is 4.79 Å². The number of carbonyl (C=O) groups is 1. The summed E-state index contributed by atoms with van der Waals surface area (Å²) in [5.74, 6) is 0. The van der Waals surface area contributed by atoms with Gasteiger partial charge < -0.3 is 4.98 Å². The Balaban J connectivity index is 2.02. The SMILES string of the molecule is CCc1[nH]c2ccccc2c1Cc1ccc(C=O)cc1. The highest BCUT2D eigenvalue weighted by Gasteiger charge is 2.10. The van der Waals surface area contributed by atoms with Crippen molar-refractivity contribution in [1.82, 2.24) is 4.98 Å². The molecule has 0 fully saturated rings. The average molecular weight is 263 g/mol. The number of aryl methyl sites for hydroxylation is 1. The standard InChI is InChI=1S/C18H17NO/c1-2-17-16(15-5-3-4-6-18(15)19-17)11-13-7-9-14(12-20)10-8-13/h3-10,12,19H,2,11H2,1H3. The number of carbonyl (C=O) groups excluding carboxylic acids is 1. The van der Waals surface area contributed by atoms with Crippen molar-refractivity contribution in [3.05, 3.63) is 70.9 Å². The van der Waals surface area contributed by atoms with E-state index in [1.807, 2.05) is 24.3 Å². The van der Waals surface area contributed by atoms with Crippen LogP contribution in [0.15, 0.2) is 48.5 Å². The van der Waals surface area contributed by atoms with Crippen LogP contribution in [0, 0.1) is 0 Å². The van der Waals surface area contributed by atoms with Crippen LogP contribution in [-0.4, -0.2) is 11.3 Å². The molecule has 20 heavy (non-hydrogen) atoms. The summed E-state index contributed by atoms with van der Waals surface area (Å²) in [7, 11) is 0. The molecule has 0 aliphatic heterocycles. The van der Waals surface area contributed by atoms with Gasteiger partial charge in [-0.15, -0.1) is 0 Å². The normalized spacial score (nSPS) is 10.8.